The molecule has 0 bridgehead atoms. The van der Waals surface area contributed by atoms with Crippen molar-refractivity contribution in [1.29, 1.82) is 0 Å². The topological polar surface area (TPSA) is 70.0 Å². The molecule has 7 heteroatoms. The molecule has 0 aliphatic carbocycles. The third kappa shape index (κ3) is 3.75. The molecule has 1 aliphatic heterocycles. The fourth-order valence-corrected chi connectivity index (χ4v) is 3.96. The number of benzene rings is 1. The molecule has 30 heavy (non-hydrogen) atoms. The van der Waals surface area contributed by atoms with Crippen LogP contribution in [-0.4, -0.2) is 51.8 Å². The van der Waals surface area contributed by atoms with Gasteiger partial charge in [-0.1, -0.05) is 35.9 Å². The molecule has 4 rings (SSSR count). The van der Waals surface area contributed by atoms with Crippen LogP contribution in [-0.2, 0) is 6.54 Å². The maximum atomic E-state index is 13.0. The predicted octanol–water partition coefficient (Wildman–Crippen LogP) is 3.39. The van der Waals surface area contributed by atoms with E-state index in [0.717, 1.165) is 29.7 Å². The number of carbonyl (C=O) groups excluding carboxylic acids is 2. The molecule has 3 heterocycles. The van der Waals surface area contributed by atoms with Gasteiger partial charge in [-0.25, -0.2) is 9.78 Å². The number of rotatable bonds is 4. The fraction of sp³-hybridized carbons (Fsp3) is 0.348. The van der Waals surface area contributed by atoms with Crippen LogP contribution < -0.4 is 5.32 Å². The van der Waals surface area contributed by atoms with E-state index in [1.165, 1.54) is 5.56 Å². The third-order valence-electron chi connectivity index (χ3n) is 5.54. The number of likely N-dealkylation sites (tertiary alicyclic amines) is 1. The molecule has 3 amide bonds. The van der Waals surface area contributed by atoms with Gasteiger partial charge in [-0.3, -0.25) is 4.79 Å². The maximum absolute atomic E-state index is 13.0. The molecule has 1 atom stereocenters. The molecular formula is C23H27N5O2. The summed E-state index contributed by atoms with van der Waals surface area (Å²) >= 11 is 0. The van der Waals surface area contributed by atoms with E-state index < -0.39 is 0 Å². The van der Waals surface area contributed by atoms with Crippen molar-refractivity contribution in [3.8, 4) is 0 Å². The summed E-state index contributed by atoms with van der Waals surface area (Å²) in [4.78, 5) is 33.8. The second-order valence-electron chi connectivity index (χ2n) is 7.97. The second-order valence-corrected chi connectivity index (χ2v) is 7.97. The number of nitrogens with zero attached hydrogens (tertiary/aromatic N) is 4. The summed E-state index contributed by atoms with van der Waals surface area (Å²) in [5.41, 5.74) is 3.36. The molecule has 0 unspecified atom stereocenters. The number of pyridine rings is 1. The number of aromatic nitrogens is 2. The van der Waals surface area contributed by atoms with Gasteiger partial charge in [-0.2, -0.15) is 0 Å². The minimum atomic E-state index is -0.214. The molecule has 0 radical (unpaired) electrons. The average Bonchev–Trinajstić information content (AvgIpc) is 3.37. The van der Waals surface area contributed by atoms with Gasteiger partial charge in [0.25, 0.3) is 5.91 Å². The molecule has 0 spiro atoms. The Labute approximate surface area is 176 Å². The summed E-state index contributed by atoms with van der Waals surface area (Å²) in [5, 5.41) is 2.98. The standard InChI is InChI=1S/C23H27N5O2/c1-16-9-11-17(12-10-16)15-24-22(29)20-18-7-4-5-13-27(18)21(25-20)19-8-6-14-28(19)23(30)26(2)3/h4-5,7,9-13,19H,6,8,14-15H2,1-3H3,(H,24,29)/t19-/m1/s1. The van der Waals surface area contributed by atoms with Gasteiger partial charge in [0.15, 0.2) is 5.69 Å². The fourth-order valence-electron chi connectivity index (χ4n) is 3.96. The van der Waals surface area contributed by atoms with E-state index in [4.69, 9.17) is 4.98 Å². The van der Waals surface area contributed by atoms with Gasteiger partial charge >= 0.3 is 6.03 Å². The molecule has 3 aromatic rings. The van der Waals surface area contributed by atoms with Crippen molar-refractivity contribution in [3.05, 3.63) is 71.3 Å². The largest absolute Gasteiger partial charge is 0.347 e. The van der Waals surface area contributed by atoms with Gasteiger partial charge in [0.1, 0.15) is 5.82 Å². The highest BCUT2D eigenvalue weighted by atomic mass is 16.2. The Balaban J connectivity index is 1.63. The van der Waals surface area contributed by atoms with Gasteiger partial charge < -0.3 is 19.5 Å². The first-order valence-electron chi connectivity index (χ1n) is 10.2. The van der Waals surface area contributed by atoms with Crippen LogP contribution in [0.2, 0.25) is 0 Å². The van der Waals surface area contributed by atoms with Crippen LogP contribution in [0.15, 0.2) is 48.7 Å². The Morgan fingerprint density at radius 2 is 1.93 bits per heavy atom. The Morgan fingerprint density at radius 3 is 2.67 bits per heavy atom. The van der Waals surface area contributed by atoms with Crippen LogP contribution in [0.1, 0.15) is 46.3 Å². The summed E-state index contributed by atoms with van der Waals surface area (Å²) in [6, 6.07) is 13.6. The van der Waals surface area contributed by atoms with Crippen LogP contribution in [0.5, 0.6) is 0 Å². The molecule has 156 valence electrons. The van der Waals surface area contributed by atoms with E-state index >= 15 is 0 Å². The van der Waals surface area contributed by atoms with E-state index in [-0.39, 0.29) is 18.0 Å². The highest BCUT2D eigenvalue weighted by Gasteiger charge is 2.34. The van der Waals surface area contributed by atoms with Crippen molar-refractivity contribution >= 4 is 17.5 Å². The number of imidazole rings is 1. The number of hydrogen-bond donors (Lipinski definition) is 1. The van der Waals surface area contributed by atoms with Crippen molar-refractivity contribution < 1.29 is 9.59 Å². The lowest BCUT2D eigenvalue weighted by Crippen LogP contribution is -2.39. The lowest BCUT2D eigenvalue weighted by molar-refractivity contribution is 0.0948. The molecule has 2 aromatic heterocycles. The van der Waals surface area contributed by atoms with Crippen LogP contribution in [0.3, 0.4) is 0 Å². The molecule has 1 saturated heterocycles. The number of amides is 3. The minimum absolute atomic E-state index is 0.0319. The van der Waals surface area contributed by atoms with E-state index in [2.05, 4.69) is 5.32 Å². The summed E-state index contributed by atoms with van der Waals surface area (Å²) in [6.45, 7) is 3.17. The zero-order valence-corrected chi connectivity index (χ0v) is 17.6. The number of urea groups is 1. The summed E-state index contributed by atoms with van der Waals surface area (Å²) in [5.74, 6) is 0.521. The van der Waals surface area contributed by atoms with E-state index in [1.807, 2.05) is 64.9 Å². The first kappa shape index (κ1) is 19.9. The van der Waals surface area contributed by atoms with Crippen LogP contribution in [0.25, 0.3) is 5.52 Å². The molecule has 1 fully saturated rings. The zero-order chi connectivity index (χ0) is 21.3. The molecular weight excluding hydrogens is 378 g/mol. The Bertz CT molecular complexity index is 1070. The van der Waals surface area contributed by atoms with E-state index in [9.17, 15) is 9.59 Å². The molecule has 1 N–H and O–H groups in total. The monoisotopic (exact) mass is 405 g/mol. The zero-order valence-electron chi connectivity index (χ0n) is 17.6. The molecule has 1 aliphatic rings. The van der Waals surface area contributed by atoms with Crippen molar-refractivity contribution in [2.24, 2.45) is 0 Å². The Morgan fingerprint density at radius 1 is 1.17 bits per heavy atom. The van der Waals surface area contributed by atoms with Crippen molar-refractivity contribution in [3.63, 3.8) is 0 Å². The number of fused-ring (bicyclic) bond motifs is 1. The SMILES string of the molecule is Cc1ccc(CNC(=O)c2nc([C@H]3CCCN3C(=O)N(C)C)n3ccccc23)cc1. The van der Waals surface area contributed by atoms with Gasteiger partial charge in [0.05, 0.1) is 11.6 Å². The maximum Gasteiger partial charge on any atom is 0.320 e. The summed E-state index contributed by atoms with van der Waals surface area (Å²) in [7, 11) is 3.51. The highest BCUT2D eigenvalue weighted by Crippen LogP contribution is 2.33. The molecule has 0 saturated carbocycles. The first-order valence-corrected chi connectivity index (χ1v) is 10.2. The predicted molar refractivity (Wildman–Crippen MR) is 115 cm³/mol. The average molecular weight is 406 g/mol. The van der Waals surface area contributed by atoms with Gasteiger partial charge in [0, 0.05) is 33.4 Å². The minimum Gasteiger partial charge on any atom is -0.347 e. The van der Waals surface area contributed by atoms with Gasteiger partial charge in [-0.05, 0) is 37.5 Å². The van der Waals surface area contributed by atoms with Crippen LogP contribution >= 0.6 is 0 Å². The normalized spacial score (nSPS) is 16.1. The van der Waals surface area contributed by atoms with Gasteiger partial charge in [0.2, 0.25) is 0 Å². The number of hydrogen-bond acceptors (Lipinski definition) is 3. The smallest absolute Gasteiger partial charge is 0.320 e. The third-order valence-corrected chi connectivity index (χ3v) is 5.54. The molecule has 1 aromatic carbocycles. The number of aryl methyl sites for hydroxylation is 1. The lowest BCUT2D eigenvalue weighted by atomic mass is 10.1. The van der Waals surface area contributed by atoms with Gasteiger partial charge in [-0.15, -0.1) is 0 Å². The highest BCUT2D eigenvalue weighted by molar-refractivity contribution is 5.99. The summed E-state index contributed by atoms with van der Waals surface area (Å²) < 4.78 is 1.94. The summed E-state index contributed by atoms with van der Waals surface area (Å²) in [6.07, 6.45) is 3.66. The number of nitrogens with one attached hydrogen (secondary N) is 1. The first-order chi connectivity index (χ1) is 14.5. The van der Waals surface area contributed by atoms with Crippen LogP contribution in [0.4, 0.5) is 4.79 Å². The Hall–Kier alpha value is -3.35. The van der Waals surface area contributed by atoms with E-state index in [0.29, 0.717) is 18.8 Å². The quantitative estimate of drug-likeness (QED) is 0.723. The Kier molecular flexibility index (Phi) is 5.44. The van der Waals surface area contributed by atoms with Crippen molar-refractivity contribution in [2.75, 3.05) is 20.6 Å². The van der Waals surface area contributed by atoms with Crippen molar-refractivity contribution in [1.82, 2.24) is 24.5 Å². The molecule has 7 nitrogen and oxygen atoms in total. The van der Waals surface area contributed by atoms with Crippen LogP contribution in [0, 0.1) is 6.92 Å². The van der Waals surface area contributed by atoms with E-state index in [1.54, 1.807) is 19.0 Å². The lowest BCUT2D eigenvalue weighted by Gasteiger charge is -2.27. The number of carbonyl (C=O) groups is 2. The second kappa shape index (κ2) is 8.18. The van der Waals surface area contributed by atoms with Crippen molar-refractivity contribution in [2.45, 2.75) is 32.4 Å².